The Morgan fingerprint density at radius 3 is 2.29 bits per heavy atom. The van der Waals surface area contributed by atoms with E-state index >= 15 is 0 Å². The monoisotopic (exact) mass is 291 g/mol. The fourth-order valence-electron chi connectivity index (χ4n) is 1.60. The second-order valence-electron chi connectivity index (χ2n) is 4.15. The molecular formula is C10H13N9O2. The Kier molecular flexibility index (Phi) is 3.65. The second kappa shape index (κ2) is 5.40. The van der Waals surface area contributed by atoms with Gasteiger partial charge in [-0.15, -0.1) is 5.11 Å². The van der Waals surface area contributed by atoms with Gasteiger partial charge in [-0.25, -0.2) is 5.43 Å². The van der Waals surface area contributed by atoms with Crippen LogP contribution in [-0.4, -0.2) is 31.4 Å². The van der Waals surface area contributed by atoms with E-state index in [2.05, 4.69) is 26.0 Å². The molecule has 11 heteroatoms. The van der Waals surface area contributed by atoms with Crippen molar-refractivity contribution in [2.75, 3.05) is 5.43 Å². The summed E-state index contributed by atoms with van der Waals surface area (Å²) in [5.41, 5.74) is 13.1. The highest BCUT2D eigenvalue weighted by Gasteiger charge is 2.14. The summed E-state index contributed by atoms with van der Waals surface area (Å²) in [6, 6.07) is 0. The Labute approximate surface area is 118 Å². The Bertz CT molecular complexity index is 727. The van der Waals surface area contributed by atoms with Gasteiger partial charge in [0.2, 0.25) is 5.82 Å². The zero-order chi connectivity index (χ0) is 15.6. The van der Waals surface area contributed by atoms with E-state index in [4.69, 9.17) is 11.5 Å². The number of hydrogen-bond donors (Lipinski definition) is 3. The van der Waals surface area contributed by atoms with Crippen LogP contribution in [0.25, 0.3) is 0 Å². The second-order valence-corrected chi connectivity index (χ2v) is 4.15. The SMILES string of the molecule is Cn1cc(C(N)=O)c(N=NNc2nn(C)cc2C(N)=O)n1. The largest absolute Gasteiger partial charge is 0.365 e. The Morgan fingerprint density at radius 1 is 1.10 bits per heavy atom. The van der Waals surface area contributed by atoms with Gasteiger partial charge in [0.15, 0.2) is 5.82 Å². The number of carbonyl (C=O) groups excluding carboxylic acids is 2. The van der Waals surface area contributed by atoms with Gasteiger partial charge < -0.3 is 11.5 Å². The van der Waals surface area contributed by atoms with Crippen LogP contribution in [0.3, 0.4) is 0 Å². The molecule has 21 heavy (non-hydrogen) atoms. The molecule has 0 radical (unpaired) electrons. The van der Waals surface area contributed by atoms with Gasteiger partial charge in [0, 0.05) is 26.5 Å². The van der Waals surface area contributed by atoms with E-state index in [9.17, 15) is 9.59 Å². The summed E-state index contributed by atoms with van der Waals surface area (Å²) in [5.74, 6) is -1.14. The molecular weight excluding hydrogens is 278 g/mol. The van der Waals surface area contributed by atoms with E-state index in [0.29, 0.717) is 0 Å². The van der Waals surface area contributed by atoms with Crippen molar-refractivity contribution in [3.05, 3.63) is 23.5 Å². The number of primary amides is 2. The number of carbonyl (C=O) groups is 2. The molecule has 0 spiro atoms. The molecule has 0 fully saturated rings. The lowest BCUT2D eigenvalue weighted by atomic mass is 10.3. The first kappa shape index (κ1) is 14.2. The summed E-state index contributed by atoms with van der Waals surface area (Å²) in [4.78, 5) is 22.4. The van der Waals surface area contributed by atoms with E-state index in [1.54, 1.807) is 14.1 Å². The third kappa shape index (κ3) is 3.02. The van der Waals surface area contributed by atoms with E-state index in [1.165, 1.54) is 21.8 Å². The maximum atomic E-state index is 11.2. The van der Waals surface area contributed by atoms with Gasteiger partial charge in [0.1, 0.15) is 11.1 Å². The number of aromatic nitrogens is 4. The van der Waals surface area contributed by atoms with Gasteiger partial charge in [0.25, 0.3) is 11.8 Å². The van der Waals surface area contributed by atoms with Gasteiger partial charge >= 0.3 is 0 Å². The highest BCUT2D eigenvalue weighted by Crippen LogP contribution is 2.17. The van der Waals surface area contributed by atoms with Crippen molar-refractivity contribution in [2.24, 2.45) is 35.9 Å². The smallest absolute Gasteiger partial charge is 0.254 e. The molecule has 2 amide bonds. The van der Waals surface area contributed by atoms with Crippen LogP contribution in [0.5, 0.6) is 0 Å². The van der Waals surface area contributed by atoms with Crippen LogP contribution in [0.4, 0.5) is 11.6 Å². The standard InChI is InChI=1S/C10H13N9O2/c1-18-3-5(7(11)20)9(15-18)13-17-14-10-6(8(12)21)4-19(2)16-10/h3-4H,1-2H3,(H2,11,20)(H2,12,21)(H,13,14,15,16). The summed E-state index contributed by atoms with van der Waals surface area (Å²) < 4.78 is 2.78. The van der Waals surface area contributed by atoms with Crippen LogP contribution in [0.15, 0.2) is 22.7 Å². The topological polar surface area (TPSA) is 159 Å². The van der Waals surface area contributed by atoms with Crippen LogP contribution in [0.1, 0.15) is 20.7 Å². The molecule has 0 aromatic carbocycles. The van der Waals surface area contributed by atoms with E-state index < -0.39 is 11.8 Å². The summed E-state index contributed by atoms with van der Waals surface area (Å²) in [5, 5.41) is 15.2. The Balaban J connectivity index is 2.20. The highest BCUT2D eigenvalue weighted by molar-refractivity contribution is 5.97. The summed E-state index contributed by atoms with van der Waals surface area (Å²) in [6.45, 7) is 0. The third-order valence-corrected chi connectivity index (χ3v) is 2.47. The summed E-state index contributed by atoms with van der Waals surface area (Å²) in [6.07, 6.45) is 2.86. The van der Waals surface area contributed by atoms with Crippen molar-refractivity contribution in [3.8, 4) is 0 Å². The molecule has 2 aromatic heterocycles. The van der Waals surface area contributed by atoms with E-state index in [0.717, 1.165) is 0 Å². The zero-order valence-electron chi connectivity index (χ0n) is 11.3. The van der Waals surface area contributed by atoms with Gasteiger partial charge in [-0.05, 0) is 0 Å². The fourth-order valence-corrected chi connectivity index (χ4v) is 1.60. The number of rotatable bonds is 5. The van der Waals surface area contributed by atoms with Gasteiger partial charge in [-0.2, -0.15) is 10.2 Å². The molecule has 0 aliphatic rings. The number of nitrogens with zero attached hydrogens (tertiary/aromatic N) is 6. The molecule has 110 valence electrons. The van der Waals surface area contributed by atoms with Crippen LogP contribution in [0, 0.1) is 0 Å². The molecule has 0 atom stereocenters. The average molecular weight is 291 g/mol. The van der Waals surface area contributed by atoms with Crippen LogP contribution in [-0.2, 0) is 14.1 Å². The minimum Gasteiger partial charge on any atom is -0.365 e. The molecule has 5 N–H and O–H groups in total. The first-order valence-electron chi connectivity index (χ1n) is 5.72. The molecule has 0 unspecified atom stereocenters. The Hall–Kier alpha value is -3.24. The molecule has 0 saturated carbocycles. The predicted molar refractivity (Wildman–Crippen MR) is 71.6 cm³/mol. The lowest BCUT2D eigenvalue weighted by Gasteiger charge is -1.95. The summed E-state index contributed by atoms with van der Waals surface area (Å²) >= 11 is 0. The molecule has 0 saturated heterocycles. The summed E-state index contributed by atoms with van der Waals surface area (Å²) in [7, 11) is 3.24. The van der Waals surface area contributed by atoms with Crippen molar-refractivity contribution in [1.29, 1.82) is 0 Å². The number of aryl methyl sites for hydroxylation is 2. The fraction of sp³-hybridized carbons (Fsp3) is 0.200. The van der Waals surface area contributed by atoms with Gasteiger partial charge in [-0.3, -0.25) is 19.0 Å². The number of amides is 2. The molecule has 11 nitrogen and oxygen atoms in total. The average Bonchev–Trinajstić information content (AvgIpc) is 2.93. The molecule has 0 bridgehead atoms. The maximum Gasteiger partial charge on any atom is 0.254 e. The molecule has 2 heterocycles. The van der Waals surface area contributed by atoms with Gasteiger partial charge in [-0.1, -0.05) is 5.22 Å². The minimum absolute atomic E-state index is 0.0501. The van der Waals surface area contributed by atoms with Crippen molar-refractivity contribution in [3.63, 3.8) is 0 Å². The number of hydrogen-bond acceptors (Lipinski definition) is 6. The Morgan fingerprint density at radius 2 is 1.67 bits per heavy atom. The van der Waals surface area contributed by atoms with Gasteiger partial charge in [0.05, 0.1) is 0 Å². The lowest BCUT2D eigenvalue weighted by molar-refractivity contribution is 0.0992. The van der Waals surface area contributed by atoms with E-state index in [1.807, 2.05) is 0 Å². The quantitative estimate of drug-likeness (QED) is 0.497. The predicted octanol–water partition coefficient (Wildman–Crippen LogP) is -0.538. The molecule has 0 aliphatic heterocycles. The number of nitrogens with one attached hydrogen (secondary N) is 1. The van der Waals surface area contributed by atoms with E-state index in [-0.39, 0.29) is 22.8 Å². The van der Waals surface area contributed by atoms with Crippen LogP contribution >= 0.6 is 0 Å². The molecule has 2 rings (SSSR count). The van der Waals surface area contributed by atoms with Crippen LogP contribution in [0.2, 0.25) is 0 Å². The first-order valence-corrected chi connectivity index (χ1v) is 5.72. The zero-order valence-corrected chi connectivity index (χ0v) is 11.3. The van der Waals surface area contributed by atoms with Crippen LogP contribution < -0.4 is 16.9 Å². The van der Waals surface area contributed by atoms with Crippen molar-refractivity contribution >= 4 is 23.5 Å². The number of nitrogens with two attached hydrogens (primary N) is 2. The third-order valence-electron chi connectivity index (χ3n) is 2.47. The molecule has 2 aromatic rings. The van der Waals surface area contributed by atoms with Crippen molar-refractivity contribution in [1.82, 2.24) is 19.6 Å². The highest BCUT2D eigenvalue weighted by atomic mass is 16.1. The first-order chi connectivity index (χ1) is 9.88. The normalized spacial score (nSPS) is 11.0. The van der Waals surface area contributed by atoms with Crippen molar-refractivity contribution in [2.45, 2.75) is 0 Å². The maximum absolute atomic E-state index is 11.2. The minimum atomic E-state index is -0.673. The molecule has 0 aliphatic carbocycles. The van der Waals surface area contributed by atoms with Crippen molar-refractivity contribution < 1.29 is 9.59 Å². The number of anilines is 1. The lowest BCUT2D eigenvalue weighted by Crippen LogP contribution is -2.11.